The van der Waals surface area contributed by atoms with Crippen LogP contribution >= 0.6 is 0 Å². The third-order valence-corrected chi connectivity index (χ3v) is 3.79. The lowest BCUT2D eigenvalue weighted by Crippen LogP contribution is -2.34. The molecule has 1 aliphatic rings. The second-order valence-electron chi connectivity index (χ2n) is 5.49. The van der Waals surface area contributed by atoms with Crippen molar-refractivity contribution >= 4 is 5.91 Å². The lowest BCUT2D eigenvalue weighted by molar-refractivity contribution is -0.129. The van der Waals surface area contributed by atoms with Gasteiger partial charge in [0.15, 0.2) is 0 Å². The van der Waals surface area contributed by atoms with Gasteiger partial charge in [0.1, 0.15) is 0 Å². The largest absolute Gasteiger partial charge is 0.338 e. The molecule has 0 aliphatic carbocycles. The summed E-state index contributed by atoms with van der Waals surface area (Å²) in [5.41, 5.74) is 9.97. The number of hydrogen-bond donors (Lipinski definition) is 1. The van der Waals surface area contributed by atoms with Crippen molar-refractivity contribution in [2.24, 2.45) is 11.7 Å². The number of nitrogens with two attached hydrogens (primary N) is 1. The van der Waals surface area contributed by atoms with Gasteiger partial charge in [0.2, 0.25) is 5.91 Å². The Hall–Kier alpha value is -1.35. The molecule has 0 saturated carbocycles. The zero-order valence-corrected chi connectivity index (χ0v) is 11.4. The van der Waals surface area contributed by atoms with Crippen LogP contribution in [-0.2, 0) is 17.8 Å². The van der Waals surface area contributed by atoms with Crippen LogP contribution in [0.1, 0.15) is 43.5 Å². The number of fused-ring (bicyclic) bond motifs is 1. The van der Waals surface area contributed by atoms with E-state index in [2.05, 4.69) is 32.0 Å². The van der Waals surface area contributed by atoms with Crippen molar-refractivity contribution in [2.75, 3.05) is 6.54 Å². The van der Waals surface area contributed by atoms with E-state index in [1.54, 1.807) is 6.92 Å². The van der Waals surface area contributed by atoms with Crippen molar-refractivity contribution in [3.05, 3.63) is 34.9 Å². The predicted molar refractivity (Wildman–Crippen MR) is 73.0 cm³/mol. The fraction of sp³-hybridized carbons (Fsp3) is 0.533. The first-order valence-electron chi connectivity index (χ1n) is 6.62. The summed E-state index contributed by atoms with van der Waals surface area (Å²) in [4.78, 5) is 13.3. The molecule has 2 N–H and O–H groups in total. The van der Waals surface area contributed by atoms with E-state index >= 15 is 0 Å². The van der Waals surface area contributed by atoms with Gasteiger partial charge in [-0.15, -0.1) is 0 Å². The highest BCUT2D eigenvalue weighted by Crippen LogP contribution is 2.25. The van der Waals surface area contributed by atoms with Crippen molar-refractivity contribution in [3.8, 4) is 0 Å². The first-order chi connectivity index (χ1) is 8.49. The molecule has 0 bridgehead atoms. The molecule has 3 nitrogen and oxygen atoms in total. The Morgan fingerprint density at radius 2 is 2.06 bits per heavy atom. The molecule has 0 radical (unpaired) electrons. The zero-order chi connectivity index (χ0) is 13.3. The van der Waals surface area contributed by atoms with Crippen LogP contribution in [-0.4, -0.2) is 17.4 Å². The average molecular weight is 246 g/mol. The van der Waals surface area contributed by atoms with E-state index in [1.807, 2.05) is 4.90 Å². The van der Waals surface area contributed by atoms with Crippen LogP contribution in [0.25, 0.3) is 0 Å². The average Bonchev–Trinajstić information content (AvgIpc) is 2.36. The number of nitrogens with zero attached hydrogens (tertiary/aromatic N) is 1. The SMILES string of the molecule is CC(=O)N1CCc2ccc(C(N)C(C)C)cc2C1. The maximum atomic E-state index is 11.4. The highest BCUT2D eigenvalue weighted by molar-refractivity contribution is 5.73. The summed E-state index contributed by atoms with van der Waals surface area (Å²) >= 11 is 0. The van der Waals surface area contributed by atoms with E-state index < -0.39 is 0 Å². The number of carbonyl (C=O) groups is 1. The lowest BCUT2D eigenvalue weighted by Gasteiger charge is -2.29. The van der Waals surface area contributed by atoms with Crippen molar-refractivity contribution in [2.45, 2.75) is 39.8 Å². The van der Waals surface area contributed by atoms with Crippen LogP contribution in [0.3, 0.4) is 0 Å². The zero-order valence-electron chi connectivity index (χ0n) is 11.4. The standard InChI is InChI=1S/C15H22N2O/c1-10(2)15(16)13-5-4-12-6-7-17(11(3)18)9-14(12)8-13/h4-5,8,10,15H,6-7,9,16H2,1-3H3. The van der Waals surface area contributed by atoms with E-state index in [1.165, 1.54) is 16.7 Å². The molecule has 1 unspecified atom stereocenters. The molecular weight excluding hydrogens is 224 g/mol. The molecule has 0 spiro atoms. The Bertz CT molecular complexity index is 454. The topological polar surface area (TPSA) is 46.3 Å². The molecule has 1 heterocycles. The molecular formula is C15H22N2O. The van der Waals surface area contributed by atoms with Crippen molar-refractivity contribution < 1.29 is 4.79 Å². The van der Waals surface area contributed by atoms with Crippen molar-refractivity contribution in [3.63, 3.8) is 0 Å². The number of hydrogen-bond acceptors (Lipinski definition) is 2. The quantitative estimate of drug-likeness (QED) is 0.870. The van der Waals surface area contributed by atoms with Crippen LogP contribution in [0.4, 0.5) is 0 Å². The highest BCUT2D eigenvalue weighted by atomic mass is 16.2. The first kappa shape index (κ1) is 13.1. The molecule has 1 amide bonds. The van der Waals surface area contributed by atoms with Crippen molar-refractivity contribution in [1.29, 1.82) is 0 Å². The minimum Gasteiger partial charge on any atom is -0.338 e. The number of amides is 1. The summed E-state index contributed by atoms with van der Waals surface area (Å²) in [6.45, 7) is 7.45. The monoisotopic (exact) mass is 246 g/mol. The van der Waals surface area contributed by atoms with Crippen LogP contribution < -0.4 is 5.73 Å². The molecule has 98 valence electrons. The van der Waals surface area contributed by atoms with Gasteiger partial charge in [-0.1, -0.05) is 32.0 Å². The molecule has 1 atom stereocenters. The molecule has 18 heavy (non-hydrogen) atoms. The molecule has 2 rings (SSSR count). The van der Waals surface area contributed by atoms with Gasteiger partial charge in [-0.2, -0.15) is 0 Å². The van der Waals surface area contributed by atoms with Gasteiger partial charge in [-0.3, -0.25) is 4.79 Å². The molecule has 0 fully saturated rings. The van der Waals surface area contributed by atoms with E-state index in [4.69, 9.17) is 5.73 Å². The van der Waals surface area contributed by atoms with Crippen LogP contribution in [0, 0.1) is 5.92 Å². The maximum absolute atomic E-state index is 11.4. The van der Waals surface area contributed by atoms with Gasteiger partial charge in [-0.25, -0.2) is 0 Å². The summed E-state index contributed by atoms with van der Waals surface area (Å²) in [7, 11) is 0. The number of rotatable bonds is 2. The Morgan fingerprint density at radius 1 is 1.33 bits per heavy atom. The third-order valence-electron chi connectivity index (χ3n) is 3.79. The van der Waals surface area contributed by atoms with Gasteiger partial charge in [-0.05, 0) is 29.0 Å². The van der Waals surface area contributed by atoms with E-state index in [0.717, 1.165) is 19.5 Å². The summed E-state index contributed by atoms with van der Waals surface area (Å²) in [6, 6.07) is 6.55. The lowest BCUT2D eigenvalue weighted by atomic mass is 9.91. The van der Waals surface area contributed by atoms with E-state index in [9.17, 15) is 4.79 Å². The van der Waals surface area contributed by atoms with Crippen molar-refractivity contribution in [1.82, 2.24) is 4.90 Å². The molecule has 1 aliphatic heterocycles. The molecule has 3 heteroatoms. The van der Waals surface area contributed by atoms with Gasteiger partial charge in [0, 0.05) is 26.1 Å². The number of benzene rings is 1. The fourth-order valence-electron chi connectivity index (χ4n) is 2.44. The third kappa shape index (κ3) is 2.56. The highest BCUT2D eigenvalue weighted by Gasteiger charge is 2.19. The van der Waals surface area contributed by atoms with Gasteiger partial charge in [0.25, 0.3) is 0 Å². The summed E-state index contributed by atoms with van der Waals surface area (Å²) in [5, 5.41) is 0. The Kier molecular flexibility index (Phi) is 3.71. The molecule has 1 aromatic rings. The molecule has 1 aromatic carbocycles. The minimum absolute atomic E-state index is 0.0722. The van der Waals surface area contributed by atoms with Crippen LogP contribution in [0.5, 0.6) is 0 Å². The second kappa shape index (κ2) is 5.11. The maximum Gasteiger partial charge on any atom is 0.219 e. The van der Waals surface area contributed by atoms with E-state index in [0.29, 0.717) is 5.92 Å². The van der Waals surface area contributed by atoms with Crippen LogP contribution in [0.2, 0.25) is 0 Å². The Morgan fingerprint density at radius 3 is 2.67 bits per heavy atom. The second-order valence-corrected chi connectivity index (χ2v) is 5.49. The summed E-state index contributed by atoms with van der Waals surface area (Å²) < 4.78 is 0. The fourth-order valence-corrected chi connectivity index (χ4v) is 2.44. The normalized spacial score (nSPS) is 16.6. The first-order valence-corrected chi connectivity index (χ1v) is 6.62. The van der Waals surface area contributed by atoms with Crippen LogP contribution in [0.15, 0.2) is 18.2 Å². The Labute approximate surface area is 109 Å². The molecule has 0 aromatic heterocycles. The summed E-state index contributed by atoms with van der Waals surface area (Å²) in [5.74, 6) is 0.578. The van der Waals surface area contributed by atoms with Gasteiger partial charge < -0.3 is 10.6 Å². The van der Waals surface area contributed by atoms with Gasteiger partial charge in [0.05, 0.1) is 0 Å². The Balaban J connectivity index is 2.26. The number of carbonyl (C=O) groups excluding carboxylic acids is 1. The van der Waals surface area contributed by atoms with Gasteiger partial charge >= 0.3 is 0 Å². The minimum atomic E-state index is 0.0722. The predicted octanol–water partition coefficient (Wildman–Crippen LogP) is 2.25. The summed E-state index contributed by atoms with van der Waals surface area (Å²) in [6.07, 6.45) is 0.951. The smallest absolute Gasteiger partial charge is 0.219 e. The molecule has 0 saturated heterocycles. The van der Waals surface area contributed by atoms with E-state index in [-0.39, 0.29) is 11.9 Å².